The monoisotopic (exact) mass is 298 g/mol. The third kappa shape index (κ3) is 2.26. The molecule has 1 aromatic heterocycles. The number of nitrogens with zero attached hydrogens (tertiary/aromatic N) is 1. The van der Waals surface area contributed by atoms with Crippen LogP contribution in [-0.2, 0) is 11.3 Å². The molecular formula is C19H26N2O. The maximum Gasteiger partial charge on any atom is 0.226 e. The van der Waals surface area contributed by atoms with Gasteiger partial charge in [0.25, 0.3) is 0 Å². The minimum Gasteiger partial charge on any atom is -0.350 e. The van der Waals surface area contributed by atoms with Crippen molar-refractivity contribution in [2.45, 2.75) is 58.9 Å². The lowest BCUT2D eigenvalue weighted by Gasteiger charge is -2.64. The summed E-state index contributed by atoms with van der Waals surface area (Å²) in [6, 6.07) is 5.86. The quantitative estimate of drug-likeness (QED) is 0.924. The van der Waals surface area contributed by atoms with Crippen molar-refractivity contribution < 1.29 is 4.79 Å². The van der Waals surface area contributed by atoms with Gasteiger partial charge in [-0.25, -0.2) is 0 Å². The fourth-order valence-corrected chi connectivity index (χ4v) is 6.56. The van der Waals surface area contributed by atoms with E-state index in [0.29, 0.717) is 17.4 Å². The molecule has 22 heavy (non-hydrogen) atoms. The first-order valence-electron chi connectivity index (χ1n) is 8.59. The first-order valence-corrected chi connectivity index (χ1v) is 8.59. The fraction of sp³-hybridized carbons (Fsp3) is 0.684. The molecule has 4 aliphatic carbocycles. The summed E-state index contributed by atoms with van der Waals surface area (Å²) in [5, 5.41) is 3.19. The van der Waals surface area contributed by atoms with Crippen LogP contribution in [0.2, 0.25) is 0 Å². The van der Waals surface area contributed by atoms with Gasteiger partial charge in [0.1, 0.15) is 0 Å². The van der Waals surface area contributed by atoms with Crippen LogP contribution in [0.5, 0.6) is 0 Å². The molecule has 3 heteroatoms. The molecule has 3 nitrogen and oxygen atoms in total. The number of aromatic nitrogens is 1. The number of nitrogens with one attached hydrogen (secondary N) is 1. The van der Waals surface area contributed by atoms with Gasteiger partial charge < -0.3 is 5.32 Å². The topological polar surface area (TPSA) is 42.0 Å². The Balaban J connectivity index is 1.53. The number of carbonyl (C=O) groups excluding carboxylic acids is 1. The Morgan fingerprint density at radius 3 is 2.50 bits per heavy atom. The summed E-state index contributed by atoms with van der Waals surface area (Å²) in [7, 11) is 0. The molecular weight excluding hydrogens is 272 g/mol. The number of carbonyl (C=O) groups is 1. The van der Waals surface area contributed by atoms with E-state index in [4.69, 9.17) is 0 Å². The molecule has 5 rings (SSSR count). The van der Waals surface area contributed by atoms with Crippen LogP contribution in [0.1, 0.15) is 58.1 Å². The first kappa shape index (κ1) is 14.2. The van der Waals surface area contributed by atoms with Gasteiger partial charge in [-0.1, -0.05) is 19.9 Å². The molecule has 1 aromatic rings. The zero-order valence-electron chi connectivity index (χ0n) is 13.7. The minimum atomic E-state index is -0.113. The molecule has 2 unspecified atom stereocenters. The third-order valence-corrected chi connectivity index (χ3v) is 6.26. The van der Waals surface area contributed by atoms with Crippen LogP contribution >= 0.6 is 0 Å². The van der Waals surface area contributed by atoms with E-state index in [1.165, 1.54) is 19.3 Å². The Morgan fingerprint density at radius 2 is 1.91 bits per heavy atom. The van der Waals surface area contributed by atoms with E-state index in [2.05, 4.69) is 24.1 Å². The maximum atomic E-state index is 13.0. The van der Waals surface area contributed by atoms with Gasteiger partial charge in [-0.15, -0.1) is 0 Å². The Morgan fingerprint density at radius 1 is 1.18 bits per heavy atom. The van der Waals surface area contributed by atoms with E-state index in [1.54, 1.807) is 6.20 Å². The summed E-state index contributed by atoms with van der Waals surface area (Å²) in [5.41, 5.74) is 1.60. The molecule has 0 spiro atoms. The second-order valence-electron chi connectivity index (χ2n) is 8.91. The predicted octanol–water partition coefficient (Wildman–Crippen LogP) is 3.69. The van der Waals surface area contributed by atoms with Crippen molar-refractivity contribution >= 4 is 5.91 Å². The van der Waals surface area contributed by atoms with Crippen molar-refractivity contribution in [3.8, 4) is 0 Å². The van der Waals surface area contributed by atoms with Crippen molar-refractivity contribution in [1.29, 1.82) is 0 Å². The van der Waals surface area contributed by atoms with Gasteiger partial charge in [0.05, 0.1) is 17.7 Å². The van der Waals surface area contributed by atoms with Gasteiger partial charge in [0, 0.05) is 6.20 Å². The smallest absolute Gasteiger partial charge is 0.226 e. The van der Waals surface area contributed by atoms with Gasteiger partial charge in [-0.2, -0.15) is 0 Å². The largest absolute Gasteiger partial charge is 0.350 e. The van der Waals surface area contributed by atoms with Gasteiger partial charge in [0.15, 0.2) is 0 Å². The van der Waals surface area contributed by atoms with Crippen molar-refractivity contribution in [3.63, 3.8) is 0 Å². The van der Waals surface area contributed by atoms with Crippen molar-refractivity contribution in [1.82, 2.24) is 10.3 Å². The Labute approximate surface area is 132 Å². The highest BCUT2D eigenvalue weighted by Gasteiger charge is 2.62. The SMILES string of the molecule is CC12CC3CC(C)(C1)CC(C(=O)NCc1ccccn1)(C3)C2. The third-order valence-electron chi connectivity index (χ3n) is 6.26. The molecule has 4 bridgehead atoms. The molecule has 118 valence electrons. The van der Waals surface area contributed by atoms with Crippen LogP contribution in [0.3, 0.4) is 0 Å². The number of hydrogen-bond acceptors (Lipinski definition) is 2. The average molecular weight is 298 g/mol. The summed E-state index contributed by atoms with van der Waals surface area (Å²) < 4.78 is 0. The highest BCUT2D eigenvalue weighted by molar-refractivity contribution is 5.83. The summed E-state index contributed by atoms with van der Waals surface area (Å²) >= 11 is 0. The van der Waals surface area contributed by atoms with Crippen molar-refractivity contribution in [3.05, 3.63) is 30.1 Å². The molecule has 0 saturated heterocycles. The van der Waals surface area contributed by atoms with Crippen LogP contribution in [0.15, 0.2) is 24.4 Å². The van der Waals surface area contributed by atoms with Crippen LogP contribution in [0.4, 0.5) is 0 Å². The second kappa shape index (κ2) is 4.56. The van der Waals surface area contributed by atoms with Crippen LogP contribution in [-0.4, -0.2) is 10.9 Å². The highest BCUT2D eigenvalue weighted by Crippen LogP contribution is 2.69. The molecule has 1 heterocycles. The summed E-state index contributed by atoms with van der Waals surface area (Å²) in [5.74, 6) is 1.03. The molecule has 0 radical (unpaired) electrons. The minimum absolute atomic E-state index is 0.113. The lowest BCUT2D eigenvalue weighted by molar-refractivity contribution is -0.170. The highest BCUT2D eigenvalue weighted by atomic mass is 16.2. The molecule has 1 N–H and O–H groups in total. The van der Waals surface area contributed by atoms with Gasteiger partial charge >= 0.3 is 0 Å². The van der Waals surface area contributed by atoms with E-state index in [0.717, 1.165) is 30.9 Å². The Hall–Kier alpha value is -1.38. The standard InChI is InChI=1S/C19H26N2O/c1-17-7-14-8-18(2,11-17)13-19(9-14,12-17)16(22)21-10-15-5-3-4-6-20-15/h3-6,14H,7-13H2,1-2H3,(H,21,22). The number of hydrogen-bond donors (Lipinski definition) is 1. The summed E-state index contributed by atoms with van der Waals surface area (Å²) in [6.45, 7) is 5.38. The van der Waals surface area contributed by atoms with E-state index < -0.39 is 0 Å². The normalized spacial score (nSPS) is 42.4. The van der Waals surface area contributed by atoms with E-state index in [1.807, 2.05) is 18.2 Å². The molecule has 1 amide bonds. The van der Waals surface area contributed by atoms with Gasteiger partial charge in [0.2, 0.25) is 5.91 Å². The van der Waals surface area contributed by atoms with Gasteiger partial charge in [-0.05, 0) is 67.4 Å². The van der Waals surface area contributed by atoms with Crippen LogP contribution in [0, 0.1) is 22.2 Å². The van der Waals surface area contributed by atoms with Crippen LogP contribution < -0.4 is 5.32 Å². The zero-order chi connectivity index (χ0) is 15.4. The predicted molar refractivity (Wildman–Crippen MR) is 85.9 cm³/mol. The first-order chi connectivity index (χ1) is 10.4. The van der Waals surface area contributed by atoms with E-state index in [9.17, 15) is 4.79 Å². The van der Waals surface area contributed by atoms with E-state index >= 15 is 0 Å². The second-order valence-corrected chi connectivity index (χ2v) is 8.91. The molecule has 4 fully saturated rings. The fourth-order valence-electron chi connectivity index (χ4n) is 6.56. The van der Waals surface area contributed by atoms with Crippen molar-refractivity contribution in [2.75, 3.05) is 0 Å². The molecule has 0 aromatic carbocycles. The Bertz CT molecular complexity index is 579. The summed E-state index contributed by atoms with van der Waals surface area (Å²) in [6.07, 6.45) is 9.03. The molecule has 2 atom stereocenters. The van der Waals surface area contributed by atoms with Crippen LogP contribution in [0.25, 0.3) is 0 Å². The average Bonchev–Trinajstić information content (AvgIpc) is 2.42. The maximum absolute atomic E-state index is 13.0. The van der Waals surface area contributed by atoms with Crippen molar-refractivity contribution in [2.24, 2.45) is 22.2 Å². The van der Waals surface area contributed by atoms with Gasteiger partial charge in [-0.3, -0.25) is 9.78 Å². The lowest BCUT2D eigenvalue weighted by Crippen LogP contribution is -2.59. The number of pyridine rings is 1. The molecule has 4 aliphatic rings. The lowest BCUT2D eigenvalue weighted by atomic mass is 9.40. The summed E-state index contributed by atoms with van der Waals surface area (Å²) in [4.78, 5) is 17.3. The number of rotatable bonds is 3. The molecule has 4 saturated carbocycles. The molecule has 0 aliphatic heterocycles. The zero-order valence-corrected chi connectivity index (χ0v) is 13.7. The Kier molecular flexibility index (Phi) is 2.95. The van der Waals surface area contributed by atoms with E-state index in [-0.39, 0.29) is 11.3 Å². The number of amides is 1.